The van der Waals surface area contributed by atoms with Crippen molar-refractivity contribution in [3.63, 3.8) is 0 Å². The lowest BCUT2D eigenvalue weighted by molar-refractivity contribution is -0.118. The van der Waals surface area contributed by atoms with E-state index in [4.69, 9.17) is 22.7 Å². The molecule has 0 radical (unpaired) electrons. The molecule has 1 unspecified atom stereocenters. The van der Waals surface area contributed by atoms with Crippen LogP contribution in [0, 0.1) is 4.77 Å². The second kappa shape index (κ2) is 10.4. The Balaban J connectivity index is 1.43. The van der Waals surface area contributed by atoms with Gasteiger partial charge >= 0.3 is 0 Å². The fraction of sp³-hybridized carbons (Fsp3) is 0.571. The van der Waals surface area contributed by atoms with Gasteiger partial charge in [-0.05, 0) is 37.2 Å². The average molecular weight is 495 g/mol. The molecule has 1 aromatic carbocycles. The molecule has 2 aliphatic rings. The van der Waals surface area contributed by atoms with Gasteiger partial charge in [-0.15, -0.1) is 0 Å². The Morgan fingerprint density at radius 2 is 1.91 bits per heavy atom. The number of benzene rings is 1. The summed E-state index contributed by atoms with van der Waals surface area (Å²) in [7, 11) is -3.50. The van der Waals surface area contributed by atoms with Gasteiger partial charge in [-0.3, -0.25) is 9.69 Å². The summed E-state index contributed by atoms with van der Waals surface area (Å²) in [6.45, 7) is 3.76. The van der Waals surface area contributed by atoms with E-state index in [1.807, 2.05) is 4.57 Å². The number of aromatic nitrogens is 3. The number of nitrogens with two attached hydrogens (primary N) is 1. The second-order valence-electron chi connectivity index (χ2n) is 8.39. The largest absolute Gasteiger partial charge is 0.376 e. The van der Waals surface area contributed by atoms with Crippen LogP contribution >= 0.6 is 12.2 Å². The quantitative estimate of drug-likeness (QED) is 0.517. The molecule has 1 aromatic heterocycles. The summed E-state index contributed by atoms with van der Waals surface area (Å²) < 4.78 is 37.3. The topological polar surface area (TPSA) is 116 Å². The Hall–Kier alpha value is -2.12. The number of rotatable bonds is 9. The van der Waals surface area contributed by atoms with Crippen molar-refractivity contribution in [1.82, 2.24) is 23.6 Å². The number of primary amides is 1. The maximum atomic E-state index is 12.9. The van der Waals surface area contributed by atoms with Crippen LogP contribution < -0.4 is 5.73 Å². The van der Waals surface area contributed by atoms with Gasteiger partial charge in [-0.1, -0.05) is 18.2 Å². The number of hydrogen-bond acceptors (Lipinski definition) is 7. The zero-order chi connectivity index (χ0) is 23.4. The van der Waals surface area contributed by atoms with E-state index < -0.39 is 10.0 Å². The first kappa shape index (κ1) is 24.0. The van der Waals surface area contributed by atoms with E-state index in [1.165, 1.54) is 4.31 Å². The first-order chi connectivity index (χ1) is 15.8. The van der Waals surface area contributed by atoms with E-state index in [-0.39, 0.29) is 18.4 Å². The maximum Gasteiger partial charge on any atom is 0.243 e. The number of aryl methyl sites for hydroxylation is 1. The molecule has 0 aliphatic carbocycles. The van der Waals surface area contributed by atoms with E-state index in [1.54, 1.807) is 35.0 Å². The summed E-state index contributed by atoms with van der Waals surface area (Å²) in [4.78, 5) is 13.8. The third kappa shape index (κ3) is 5.69. The minimum atomic E-state index is -3.50. The maximum absolute atomic E-state index is 12.9. The predicted octanol–water partition coefficient (Wildman–Crippen LogP) is 0.975. The fourth-order valence-electron chi connectivity index (χ4n) is 4.22. The number of nitrogens with zero attached hydrogens (tertiary/aromatic N) is 5. The van der Waals surface area contributed by atoms with Crippen molar-refractivity contribution in [2.75, 3.05) is 32.8 Å². The van der Waals surface area contributed by atoms with Crippen LogP contribution in [0.25, 0.3) is 0 Å². The molecule has 2 aliphatic heterocycles. The lowest BCUT2D eigenvalue weighted by atomic mass is 10.2. The molecule has 0 saturated carbocycles. The van der Waals surface area contributed by atoms with Gasteiger partial charge in [0.2, 0.25) is 15.9 Å². The third-order valence-electron chi connectivity index (χ3n) is 6.05. The predicted molar refractivity (Wildman–Crippen MR) is 124 cm³/mol. The Labute approximate surface area is 199 Å². The molecule has 1 atom stereocenters. The smallest absolute Gasteiger partial charge is 0.243 e. The average Bonchev–Trinajstić information content (AvgIpc) is 3.43. The first-order valence-electron chi connectivity index (χ1n) is 11.2. The van der Waals surface area contributed by atoms with Crippen LogP contribution in [0.5, 0.6) is 0 Å². The Morgan fingerprint density at radius 3 is 2.55 bits per heavy atom. The molecule has 2 saturated heterocycles. The van der Waals surface area contributed by atoms with E-state index in [0.29, 0.717) is 55.5 Å². The van der Waals surface area contributed by atoms with Gasteiger partial charge in [0.15, 0.2) is 4.77 Å². The van der Waals surface area contributed by atoms with Crippen LogP contribution in [-0.2, 0) is 39.2 Å². The number of ether oxygens (including phenoxy) is 1. The summed E-state index contributed by atoms with van der Waals surface area (Å²) in [6.07, 6.45) is 2.71. The van der Waals surface area contributed by atoms with E-state index in [9.17, 15) is 13.2 Å². The highest BCUT2D eigenvalue weighted by Gasteiger charge is 2.29. The van der Waals surface area contributed by atoms with Crippen molar-refractivity contribution in [1.29, 1.82) is 0 Å². The van der Waals surface area contributed by atoms with Crippen molar-refractivity contribution in [3.05, 3.63) is 40.9 Å². The molecule has 2 aromatic rings. The standard InChI is InChI=1S/C21H30N6O4S2/c22-19(28)8-9-20-23-27(21(32)26(20)15-17-5-4-14-31-17)16-24-10-12-25(13-11-24)33(29,30)18-6-2-1-3-7-18/h1-3,6-7,17H,4-5,8-16H2,(H2,22,28). The van der Waals surface area contributed by atoms with Crippen LogP contribution in [0.2, 0.25) is 0 Å². The van der Waals surface area contributed by atoms with Gasteiger partial charge in [-0.2, -0.15) is 9.40 Å². The van der Waals surface area contributed by atoms with E-state index in [0.717, 1.165) is 25.3 Å². The van der Waals surface area contributed by atoms with Gasteiger partial charge < -0.3 is 15.0 Å². The summed E-state index contributed by atoms with van der Waals surface area (Å²) in [5.74, 6) is 0.342. The third-order valence-corrected chi connectivity index (χ3v) is 8.39. The molecule has 0 bridgehead atoms. The molecule has 12 heteroatoms. The molecule has 0 spiro atoms. The lowest BCUT2D eigenvalue weighted by Gasteiger charge is -2.33. The lowest BCUT2D eigenvalue weighted by Crippen LogP contribution is -2.48. The molecule has 2 fully saturated rings. The molecular formula is C21H30N6O4S2. The molecule has 4 rings (SSSR count). The molecular weight excluding hydrogens is 464 g/mol. The number of sulfonamides is 1. The van der Waals surface area contributed by atoms with Crippen LogP contribution in [0.15, 0.2) is 35.2 Å². The second-order valence-corrected chi connectivity index (χ2v) is 10.7. The highest BCUT2D eigenvalue weighted by atomic mass is 32.2. The number of amides is 1. The molecule has 33 heavy (non-hydrogen) atoms. The van der Waals surface area contributed by atoms with Crippen LogP contribution in [0.3, 0.4) is 0 Å². The van der Waals surface area contributed by atoms with Crippen molar-refractivity contribution >= 4 is 28.1 Å². The van der Waals surface area contributed by atoms with Gasteiger partial charge in [0.1, 0.15) is 5.82 Å². The molecule has 3 heterocycles. The van der Waals surface area contributed by atoms with Gasteiger partial charge in [0.05, 0.1) is 24.2 Å². The van der Waals surface area contributed by atoms with Crippen LogP contribution in [-0.4, -0.2) is 76.8 Å². The van der Waals surface area contributed by atoms with Crippen molar-refractivity contribution in [2.24, 2.45) is 5.73 Å². The van der Waals surface area contributed by atoms with Gasteiger partial charge in [0.25, 0.3) is 0 Å². The molecule has 180 valence electrons. The van der Waals surface area contributed by atoms with Gasteiger partial charge in [0, 0.05) is 45.6 Å². The van der Waals surface area contributed by atoms with Gasteiger partial charge in [-0.25, -0.2) is 13.1 Å². The minimum Gasteiger partial charge on any atom is -0.376 e. The summed E-state index contributed by atoms with van der Waals surface area (Å²) in [5.41, 5.74) is 5.34. The number of hydrogen-bond donors (Lipinski definition) is 1. The van der Waals surface area contributed by atoms with E-state index >= 15 is 0 Å². The molecule has 1 amide bonds. The molecule has 2 N–H and O–H groups in total. The minimum absolute atomic E-state index is 0.0911. The summed E-state index contributed by atoms with van der Waals surface area (Å²) in [5, 5.41) is 4.67. The number of piperazine rings is 1. The normalized spacial score (nSPS) is 20.3. The van der Waals surface area contributed by atoms with Crippen molar-refractivity contribution in [3.8, 4) is 0 Å². The SMILES string of the molecule is NC(=O)CCc1nn(CN2CCN(S(=O)(=O)c3ccccc3)CC2)c(=S)n1CC1CCCO1. The monoisotopic (exact) mass is 494 g/mol. The number of carbonyl (C=O) groups excluding carboxylic acids is 1. The van der Waals surface area contributed by atoms with Crippen LogP contribution in [0.1, 0.15) is 25.1 Å². The Bertz CT molecular complexity index is 1120. The number of carbonyl (C=O) groups is 1. The fourth-order valence-corrected chi connectivity index (χ4v) is 5.94. The highest BCUT2D eigenvalue weighted by Crippen LogP contribution is 2.19. The zero-order valence-electron chi connectivity index (χ0n) is 18.5. The summed E-state index contributed by atoms with van der Waals surface area (Å²) >= 11 is 5.70. The van der Waals surface area contributed by atoms with E-state index in [2.05, 4.69) is 10.00 Å². The first-order valence-corrected chi connectivity index (χ1v) is 13.0. The zero-order valence-corrected chi connectivity index (χ0v) is 20.1. The summed E-state index contributed by atoms with van der Waals surface area (Å²) in [6, 6.07) is 8.50. The molecule has 10 nitrogen and oxygen atoms in total. The Morgan fingerprint density at radius 1 is 1.18 bits per heavy atom. The Kier molecular flexibility index (Phi) is 7.59. The highest BCUT2D eigenvalue weighted by molar-refractivity contribution is 7.89. The van der Waals surface area contributed by atoms with Crippen molar-refractivity contribution < 1.29 is 17.9 Å². The van der Waals surface area contributed by atoms with Crippen molar-refractivity contribution in [2.45, 2.75) is 49.9 Å². The van der Waals surface area contributed by atoms with Crippen LogP contribution in [0.4, 0.5) is 0 Å².